The minimum Gasteiger partial charge on any atom is -0.478 e. The van der Waals surface area contributed by atoms with Crippen molar-refractivity contribution >= 4 is 11.9 Å². The molecule has 5 nitrogen and oxygen atoms in total. The Morgan fingerprint density at radius 1 is 1.30 bits per heavy atom. The summed E-state index contributed by atoms with van der Waals surface area (Å²) in [4.78, 5) is 22.1. The van der Waals surface area contributed by atoms with Crippen LogP contribution >= 0.6 is 0 Å². The van der Waals surface area contributed by atoms with Crippen LogP contribution in [0, 0.1) is 0 Å². The van der Waals surface area contributed by atoms with Crippen LogP contribution in [0.15, 0.2) is 36.1 Å². The smallest absolute Gasteiger partial charge is 0.335 e. The maximum Gasteiger partial charge on any atom is 0.335 e. The van der Waals surface area contributed by atoms with Crippen LogP contribution in [-0.4, -0.2) is 23.6 Å². The molecule has 0 bridgehead atoms. The van der Waals surface area contributed by atoms with Gasteiger partial charge in [0.15, 0.2) is 0 Å². The zero-order valence-electron chi connectivity index (χ0n) is 11.7. The third kappa shape index (κ3) is 5.67. The van der Waals surface area contributed by atoms with Gasteiger partial charge in [-0.05, 0) is 37.6 Å². The fourth-order valence-electron chi connectivity index (χ4n) is 1.48. The van der Waals surface area contributed by atoms with Gasteiger partial charge in [-0.3, -0.25) is 4.79 Å². The van der Waals surface area contributed by atoms with Crippen molar-refractivity contribution < 1.29 is 19.4 Å². The zero-order valence-corrected chi connectivity index (χ0v) is 11.7. The second-order valence-electron chi connectivity index (χ2n) is 4.30. The summed E-state index contributed by atoms with van der Waals surface area (Å²) in [5.41, 5.74) is 1.23. The summed E-state index contributed by atoms with van der Waals surface area (Å²) in [6.07, 6.45) is 2.02. The Labute approximate surface area is 118 Å². The lowest BCUT2D eigenvalue weighted by Crippen LogP contribution is -2.18. The largest absolute Gasteiger partial charge is 0.478 e. The summed E-state index contributed by atoms with van der Waals surface area (Å²) >= 11 is 0. The summed E-state index contributed by atoms with van der Waals surface area (Å²) in [5, 5.41) is 11.9. The van der Waals surface area contributed by atoms with Gasteiger partial charge in [0.25, 0.3) is 0 Å². The molecular weight excluding hydrogens is 258 g/mol. The number of hydrogen-bond donors (Lipinski definition) is 2. The molecule has 0 aromatic heterocycles. The number of aromatic carboxylic acids is 1. The Balaban J connectivity index is 2.27. The second-order valence-corrected chi connectivity index (χ2v) is 4.30. The van der Waals surface area contributed by atoms with Gasteiger partial charge in [0.05, 0.1) is 12.0 Å². The molecule has 0 heterocycles. The van der Waals surface area contributed by atoms with Gasteiger partial charge in [-0.15, -0.1) is 0 Å². The Hall–Kier alpha value is -2.14. The molecule has 0 aliphatic carbocycles. The molecule has 0 radical (unpaired) electrons. The van der Waals surface area contributed by atoms with Crippen LogP contribution in [0.2, 0.25) is 0 Å². The van der Waals surface area contributed by atoms with E-state index in [0.29, 0.717) is 25.3 Å². The molecule has 5 heteroatoms. The average Bonchev–Trinajstić information content (AvgIpc) is 2.44. The first-order valence-corrected chi connectivity index (χ1v) is 6.39. The average molecular weight is 277 g/mol. The van der Waals surface area contributed by atoms with Gasteiger partial charge in [0, 0.05) is 13.1 Å². The van der Waals surface area contributed by atoms with Crippen molar-refractivity contribution in [2.45, 2.75) is 26.8 Å². The fraction of sp³-hybridized carbons (Fsp3) is 0.333. The lowest BCUT2D eigenvalue weighted by Gasteiger charge is -2.06. The molecule has 0 saturated heterocycles. The van der Waals surface area contributed by atoms with Crippen molar-refractivity contribution in [1.29, 1.82) is 0 Å². The number of benzene rings is 1. The maximum absolute atomic E-state index is 11.4. The monoisotopic (exact) mass is 277 g/mol. The van der Waals surface area contributed by atoms with E-state index in [4.69, 9.17) is 9.84 Å². The van der Waals surface area contributed by atoms with Gasteiger partial charge in [-0.2, -0.15) is 0 Å². The predicted octanol–water partition coefficient (Wildman–Crippen LogP) is 2.33. The van der Waals surface area contributed by atoms with Crippen LogP contribution in [-0.2, 0) is 16.1 Å². The van der Waals surface area contributed by atoms with Crippen LogP contribution in [0.3, 0.4) is 0 Å². The molecule has 0 spiro atoms. The van der Waals surface area contributed by atoms with E-state index in [1.54, 1.807) is 37.3 Å². The molecule has 108 valence electrons. The topological polar surface area (TPSA) is 75.6 Å². The first-order chi connectivity index (χ1) is 9.52. The van der Waals surface area contributed by atoms with E-state index < -0.39 is 5.97 Å². The highest BCUT2D eigenvalue weighted by atomic mass is 16.5. The van der Waals surface area contributed by atoms with E-state index >= 15 is 0 Å². The second kappa shape index (κ2) is 8.12. The molecule has 0 unspecified atom stereocenters. The fourth-order valence-corrected chi connectivity index (χ4v) is 1.48. The molecule has 1 aromatic carbocycles. The molecule has 1 aromatic rings. The number of ether oxygens (including phenoxy) is 1. The van der Waals surface area contributed by atoms with E-state index in [9.17, 15) is 9.59 Å². The van der Waals surface area contributed by atoms with Gasteiger partial charge in [0.1, 0.15) is 5.76 Å². The van der Waals surface area contributed by atoms with E-state index in [0.717, 1.165) is 5.56 Å². The molecule has 0 aliphatic heterocycles. The third-order valence-corrected chi connectivity index (χ3v) is 2.72. The highest BCUT2D eigenvalue weighted by molar-refractivity contribution is 5.87. The van der Waals surface area contributed by atoms with Crippen molar-refractivity contribution in [2.75, 3.05) is 6.54 Å². The van der Waals surface area contributed by atoms with E-state index in [1.807, 2.05) is 6.92 Å². The van der Waals surface area contributed by atoms with Crippen LogP contribution in [0.4, 0.5) is 0 Å². The van der Waals surface area contributed by atoms with E-state index in [1.165, 1.54) is 0 Å². The molecule has 20 heavy (non-hydrogen) atoms. The van der Waals surface area contributed by atoms with Crippen molar-refractivity contribution in [3.05, 3.63) is 47.2 Å². The lowest BCUT2D eigenvalue weighted by atomic mass is 10.1. The number of carboxylic acids is 1. The van der Waals surface area contributed by atoms with E-state index in [-0.39, 0.29) is 11.5 Å². The van der Waals surface area contributed by atoms with Crippen LogP contribution in [0.1, 0.15) is 36.2 Å². The minimum atomic E-state index is -0.938. The van der Waals surface area contributed by atoms with Crippen LogP contribution in [0.5, 0.6) is 0 Å². The number of esters is 1. The number of rotatable bonds is 7. The summed E-state index contributed by atoms with van der Waals surface area (Å²) in [6, 6.07) is 6.61. The van der Waals surface area contributed by atoms with Crippen LogP contribution in [0.25, 0.3) is 0 Å². The summed E-state index contributed by atoms with van der Waals surface area (Å²) in [5.74, 6) is -0.611. The van der Waals surface area contributed by atoms with Crippen molar-refractivity contribution in [3.63, 3.8) is 0 Å². The summed E-state index contributed by atoms with van der Waals surface area (Å²) in [7, 11) is 0. The molecule has 0 amide bonds. The quantitative estimate of drug-likeness (QED) is 0.454. The first kappa shape index (κ1) is 15.9. The highest BCUT2D eigenvalue weighted by Gasteiger charge is 2.04. The number of carbonyl (C=O) groups excluding carboxylic acids is 1. The summed E-state index contributed by atoms with van der Waals surface area (Å²) in [6.45, 7) is 4.63. The highest BCUT2D eigenvalue weighted by Crippen LogP contribution is 2.04. The van der Waals surface area contributed by atoms with Gasteiger partial charge in [0.2, 0.25) is 0 Å². The first-order valence-electron chi connectivity index (χ1n) is 6.39. The van der Waals surface area contributed by atoms with Crippen LogP contribution < -0.4 is 5.32 Å². The van der Waals surface area contributed by atoms with Crippen molar-refractivity contribution in [1.82, 2.24) is 5.32 Å². The SMILES string of the molecule is C/C=C(/C)OC(=O)CCNCc1ccc(C(=O)O)cc1. The standard InChI is InChI=1S/C15H19NO4/c1-3-11(2)20-14(17)8-9-16-10-12-4-6-13(7-5-12)15(18)19/h3-7,16H,8-10H2,1-2H3,(H,18,19)/b11-3-. The Kier molecular flexibility index (Phi) is 6.46. The number of nitrogens with one attached hydrogen (secondary N) is 1. The molecular formula is C15H19NO4. The molecule has 0 fully saturated rings. The molecule has 1 rings (SSSR count). The Morgan fingerprint density at radius 2 is 1.95 bits per heavy atom. The van der Waals surface area contributed by atoms with Gasteiger partial charge >= 0.3 is 11.9 Å². The normalized spacial score (nSPS) is 11.2. The number of hydrogen-bond acceptors (Lipinski definition) is 4. The van der Waals surface area contributed by atoms with Gasteiger partial charge in [-0.25, -0.2) is 4.79 Å². The molecule has 0 atom stereocenters. The number of carboxylic acid groups (broad SMARTS) is 1. The predicted molar refractivity (Wildman–Crippen MR) is 75.2 cm³/mol. The Morgan fingerprint density at radius 3 is 2.50 bits per heavy atom. The van der Waals surface area contributed by atoms with Crippen molar-refractivity contribution in [2.24, 2.45) is 0 Å². The molecule has 0 aliphatic rings. The summed E-state index contributed by atoms with van der Waals surface area (Å²) < 4.78 is 5.01. The molecule has 2 N–H and O–H groups in total. The lowest BCUT2D eigenvalue weighted by molar-refractivity contribution is -0.139. The molecule has 0 saturated carbocycles. The minimum absolute atomic E-state index is 0.263. The van der Waals surface area contributed by atoms with Crippen molar-refractivity contribution in [3.8, 4) is 0 Å². The number of allylic oxidation sites excluding steroid dienone is 2. The maximum atomic E-state index is 11.4. The van der Waals surface area contributed by atoms with Gasteiger partial charge < -0.3 is 15.2 Å². The number of carbonyl (C=O) groups is 2. The Bertz CT molecular complexity index is 491. The zero-order chi connectivity index (χ0) is 15.0. The third-order valence-electron chi connectivity index (χ3n) is 2.72. The van der Waals surface area contributed by atoms with E-state index in [2.05, 4.69) is 5.32 Å². The van der Waals surface area contributed by atoms with Gasteiger partial charge in [-0.1, -0.05) is 12.1 Å².